The molecule has 0 unspecified atom stereocenters. The van der Waals surface area contributed by atoms with E-state index in [2.05, 4.69) is 0 Å². The molecule has 0 rings (SSSR count). The predicted molar refractivity (Wildman–Crippen MR) is 36.8 cm³/mol. The monoisotopic (exact) mass is 219 g/mol. The Bertz CT molecular complexity index is 61.9. The van der Waals surface area contributed by atoms with E-state index in [9.17, 15) is 0 Å². The first-order valence-corrected chi connectivity index (χ1v) is 2.35. The van der Waals surface area contributed by atoms with Gasteiger partial charge in [-0.25, -0.2) is 4.57 Å². The molecule has 0 aromatic heterocycles. The van der Waals surface area contributed by atoms with Crippen molar-refractivity contribution in [3.05, 3.63) is 0 Å². The van der Waals surface area contributed by atoms with Gasteiger partial charge in [-0.3, -0.25) is 0 Å². The molecular weight excluding hydrogens is 212 g/mol. The van der Waals surface area contributed by atoms with Crippen LogP contribution in [0.1, 0.15) is 1.43 Å². The first kappa shape index (κ1) is 23.1. The molecule has 8 heteroatoms. The van der Waals surface area contributed by atoms with E-state index in [0.717, 1.165) is 0 Å². The van der Waals surface area contributed by atoms with E-state index >= 15 is 0 Å². The zero-order valence-electron chi connectivity index (χ0n) is 3.20. The van der Waals surface area contributed by atoms with E-state index in [0.29, 0.717) is 0 Å². The standard InChI is InChI=1S/3K.H3O4P.3H/c;;;1-5(2,3)4;;;/h;;;(H3,1,2,3,4);;;/p+1. The van der Waals surface area contributed by atoms with Crippen LogP contribution in [0.5, 0.6) is 0 Å². The molecule has 8 heavy (non-hydrogen) atoms. The molecule has 0 aliphatic carbocycles. The first-order chi connectivity index (χ1) is 2.00. The van der Waals surface area contributed by atoms with Gasteiger partial charge in [0.2, 0.25) is 0 Å². The second-order valence-corrected chi connectivity index (χ2v) is 1.54. The summed E-state index contributed by atoms with van der Waals surface area (Å²) in [5.41, 5.74) is 0. The van der Waals surface area contributed by atoms with E-state index in [1.807, 2.05) is 0 Å². The molecule has 0 amide bonds. The Kier molecular flexibility index (Phi) is 34.7. The Balaban J connectivity index is -0.0000000133. The van der Waals surface area contributed by atoms with Gasteiger partial charge in [-0.1, -0.05) is 0 Å². The number of hydrogen-bond acceptors (Lipinski definition) is 1. The summed E-state index contributed by atoms with van der Waals surface area (Å²) in [5.74, 6) is 0. The van der Waals surface area contributed by atoms with Gasteiger partial charge < -0.3 is 14.7 Å². The Morgan fingerprint density at radius 1 is 1.00 bits per heavy atom. The van der Waals surface area contributed by atoms with E-state index < -0.39 is 7.82 Å². The fraction of sp³-hybridized carbons (Fsp3) is 0. The summed E-state index contributed by atoms with van der Waals surface area (Å²) in [6.07, 6.45) is 0. The summed E-state index contributed by atoms with van der Waals surface area (Å²) in [4.78, 5) is 21.6. The van der Waals surface area contributed by atoms with Crippen molar-refractivity contribution < 1.29 is 20.7 Å². The average Bonchev–Trinajstić information content (AvgIpc) is 0.722. The molecule has 0 heterocycles. The van der Waals surface area contributed by atoms with Gasteiger partial charge in [-0.15, -0.1) is 0 Å². The molecule has 0 fully saturated rings. The summed E-state index contributed by atoms with van der Waals surface area (Å²) < 4.78 is 8.88. The van der Waals surface area contributed by atoms with Crippen LogP contribution in [0.3, 0.4) is 0 Å². The minimum absolute atomic E-state index is 0. The summed E-state index contributed by atoms with van der Waals surface area (Å²) in [6.45, 7) is 0. The van der Waals surface area contributed by atoms with E-state index in [1.165, 1.54) is 0 Å². The van der Waals surface area contributed by atoms with Gasteiger partial charge in [0.1, 0.15) is 0 Å². The van der Waals surface area contributed by atoms with Gasteiger partial charge in [-0.2, -0.15) is 0 Å². The van der Waals surface area contributed by atoms with Gasteiger partial charge in [-0.05, 0) is 0 Å². The van der Waals surface area contributed by atoms with Gasteiger partial charge in [0.25, 0.3) is 0 Å². The Hall–Kier alpha value is 5.02. The average molecular weight is 219 g/mol. The topological polar surface area (TPSA) is 77.8 Å². The van der Waals surface area contributed by atoms with Gasteiger partial charge in [0.05, 0.1) is 0 Å². The molecular formula is H7K3O4P+. The Morgan fingerprint density at radius 3 is 1.00 bits per heavy atom. The molecule has 0 aliphatic heterocycles. The fourth-order valence-corrected chi connectivity index (χ4v) is 0. The normalized spacial score (nSPS) is 7.38. The van der Waals surface area contributed by atoms with Crippen molar-refractivity contribution in [2.75, 3.05) is 0 Å². The van der Waals surface area contributed by atoms with Crippen molar-refractivity contribution in [2.45, 2.75) is 0 Å². The van der Waals surface area contributed by atoms with Crippen LogP contribution in [0.2, 0.25) is 0 Å². The maximum absolute atomic E-state index is 8.88. The van der Waals surface area contributed by atoms with Crippen LogP contribution in [-0.4, -0.2) is 169 Å². The molecule has 3 N–H and O–H groups in total. The van der Waals surface area contributed by atoms with Crippen LogP contribution in [-0.2, 0) is 4.57 Å². The molecule has 0 saturated heterocycles. The van der Waals surface area contributed by atoms with Crippen molar-refractivity contribution in [2.24, 2.45) is 0 Å². The quantitative estimate of drug-likeness (QED) is 0.305. The number of rotatable bonds is 0. The zero-order chi connectivity index (χ0) is 4.50. The molecule has 0 saturated carbocycles. The van der Waals surface area contributed by atoms with Crippen molar-refractivity contribution in [3.63, 3.8) is 0 Å². The summed E-state index contributed by atoms with van der Waals surface area (Å²) in [5, 5.41) is 0. The maximum atomic E-state index is 8.88. The second kappa shape index (κ2) is 12.0. The van der Waals surface area contributed by atoms with E-state index in [1.54, 1.807) is 0 Å². The summed E-state index contributed by atoms with van der Waals surface area (Å²) >= 11 is 0. The molecule has 38 valence electrons. The summed E-state index contributed by atoms with van der Waals surface area (Å²) in [7, 11) is -4.64. The van der Waals surface area contributed by atoms with Crippen molar-refractivity contribution >= 4 is 162 Å². The third-order valence-electron chi connectivity index (χ3n) is 0. The van der Waals surface area contributed by atoms with Crippen LogP contribution >= 0.6 is 7.82 Å². The van der Waals surface area contributed by atoms with E-state index in [4.69, 9.17) is 19.2 Å². The first-order valence-electron chi connectivity index (χ1n) is 0.783. The molecule has 4 nitrogen and oxygen atoms in total. The van der Waals surface area contributed by atoms with Gasteiger partial charge in [0, 0.05) is 0 Å². The molecule has 0 spiro atoms. The second-order valence-electron chi connectivity index (χ2n) is 0.513. The zero-order valence-corrected chi connectivity index (χ0v) is 3.09. The fourth-order valence-electron chi connectivity index (χ4n) is 0. The number of hydrogen-bond donors (Lipinski definition) is 3. The predicted octanol–water partition coefficient (Wildman–Crippen LogP) is -2.76. The molecule has 0 aromatic carbocycles. The Labute approximate surface area is 177 Å². The third kappa shape index (κ3) is 43.9. The van der Waals surface area contributed by atoms with Crippen LogP contribution in [0.25, 0.3) is 0 Å². The van der Waals surface area contributed by atoms with Crippen molar-refractivity contribution in [1.82, 2.24) is 0 Å². The van der Waals surface area contributed by atoms with E-state index in [-0.39, 0.29) is 156 Å². The minimum atomic E-state index is -4.64. The number of phosphoric acid groups is 1. The SMILES string of the molecule is O=P(O)(O)O.[H+].[KH].[KH].[KH]. The Morgan fingerprint density at radius 2 is 1.00 bits per heavy atom. The van der Waals surface area contributed by atoms with Gasteiger partial charge in [0.15, 0.2) is 0 Å². The van der Waals surface area contributed by atoms with Crippen LogP contribution < -0.4 is 0 Å². The molecule has 0 bridgehead atoms. The van der Waals surface area contributed by atoms with Crippen LogP contribution in [0.15, 0.2) is 0 Å². The van der Waals surface area contributed by atoms with Crippen molar-refractivity contribution in [3.8, 4) is 0 Å². The van der Waals surface area contributed by atoms with Crippen LogP contribution in [0.4, 0.5) is 0 Å². The van der Waals surface area contributed by atoms with Gasteiger partial charge >= 0.3 is 163 Å². The molecule has 0 aromatic rings. The van der Waals surface area contributed by atoms with Crippen molar-refractivity contribution in [1.29, 1.82) is 0 Å². The third-order valence-corrected chi connectivity index (χ3v) is 0. The molecule has 0 radical (unpaired) electrons. The summed E-state index contributed by atoms with van der Waals surface area (Å²) in [6, 6.07) is 0. The molecule has 0 aliphatic rings. The van der Waals surface area contributed by atoms with Crippen LogP contribution in [0, 0.1) is 0 Å². The molecule has 0 atom stereocenters.